The fourth-order valence-corrected chi connectivity index (χ4v) is 2.01. The highest BCUT2D eigenvalue weighted by molar-refractivity contribution is 5.96. The van der Waals surface area contributed by atoms with E-state index < -0.39 is 0 Å². The molecule has 4 heteroatoms. The maximum Gasteiger partial charge on any atom is 0.287 e. The summed E-state index contributed by atoms with van der Waals surface area (Å²) in [5.41, 5.74) is 7.52. The van der Waals surface area contributed by atoms with E-state index in [1.807, 2.05) is 39.0 Å². The minimum absolute atomic E-state index is 0.0394. The highest BCUT2D eigenvalue weighted by Crippen LogP contribution is 2.20. The molecule has 0 aliphatic rings. The minimum Gasteiger partial charge on any atom is -0.451 e. The van der Waals surface area contributed by atoms with Crippen LogP contribution < -0.4 is 11.1 Å². The van der Waals surface area contributed by atoms with Crippen molar-refractivity contribution in [1.82, 2.24) is 5.32 Å². The molecular weight excluding hydrogens is 240 g/mol. The molecule has 2 aromatic rings. The molecule has 0 saturated heterocycles. The molecule has 1 aromatic heterocycles. The Morgan fingerprint density at radius 1 is 1.37 bits per heavy atom. The van der Waals surface area contributed by atoms with Crippen LogP contribution in [-0.4, -0.2) is 18.5 Å². The topological polar surface area (TPSA) is 68.3 Å². The number of fused-ring (bicyclic) bond motifs is 1. The zero-order valence-corrected chi connectivity index (χ0v) is 11.6. The van der Waals surface area contributed by atoms with Crippen molar-refractivity contribution < 1.29 is 9.21 Å². The Kier molecular flexibility index (Phi) is 3.90. The first-order valence-electron chi connectivity index (χ1n) is 6.52. The number of aryl methyl sites for hydroxylation is 1. The maximum atomic E-state index is 12.1. The van der Waals surface area contributed by atoms with E-state index >= 15 is 0 Å². The highest BCUT2D eigenvalue weighted by Gasteiger charge is 2.18. The molecule has 2 rings (SSSR count). The molecule has 0 aliphatic heterocycles. The Balaban J connectivity index is 2.21. The average molecular weight is 260 g/mol. The summed E-state index contributed by atoms with van der Waals surface area (Å²) in [6, 6.07) is 7.57. The van der Waals surface area contributed by atoms with E-state index in [1.165, 1.54) is 0 Å². The predicted molar refractivity (Wildman–Crippen MR) is 76.1 cm³/mol. The first-order valence-corrected chi connectivity index (χ1v) is 6.52. The molecule has 0 radical (unpaired) electrons. The molecule has 19 heavy (non-hydrogen) atoms. The molecular formula is C15H20N2O2. The van der Waals surface area contributed by atoms with Crippen LogP contribution in [0.4, 0.5) is 0 Å². The van der Waals surface area contributed by atoms with Crippen LogP contribution in [0.3, 0.4) is 0 Å². The van der Waals surface area contributed by atoms with Crippen LogP contribution >= 0.6 is 0 Å². The van der Waals surface area contributed by atoms with Crippen LogP contribution in [0.1, 0.15) is 30.0 Å². The van der Waals surface area contributed by atoms with Gasteiger partial charge < -0.3 is 15.5 Å². The van der Waals surface area contributed by atoms with E-state index in [2.05, 4.69) is 5.32 Å². The molecule has 0 spiro atoms. The van der Waals surface area contributed by atoms with Gasteiger partial charge in [0.05, 0.1) is 0 Å². The lowest BCUT2D eigenvalue weighted by Gasteiger charge is -2.19. The maximum absolute atomic E-state index is 12.1. The number of carbonyl (C=O) groups excluding carboxylic acids is 1. The SMILES string of the molecule is Cc1ccc2oc(C(=O)NC(CN)C(C)C)cc2c1. The molecule has 102 valence electrons. The standard InChI is InChI=1S/C15H20N2O2/c1-9(2)12(8-16)17-15(18)14-7-11-6-10(3)4-5-13(11)19-14/h4-7,9,12H,8,16H2,1-3H3,(H,17,18). The predicted octanol–water partition coefficient (Wildman–Crippen LogP) is 2.45. The summed E-state index contributed by atoms with van der Waals surface area (Å²) in [6.07, 6.45) is 0. The summed E-state index contributed by atoms with van der Waals surface area (Å²) in [6.45, 7) is 6.48. The van der Waals surface area contributed by atoms with E-state index in [0.29, 0.717) is 18.2 Å². The van der Waals surface area contributed by atoms with Crippen molar-refractivity contribution in [2.75, 3.05) is 6.54 Å². The van der Waals surface area contributed by atoms with Crippen LogP contribution in [0.2, 0.25) is 0 Å². The quantitative estimate of drug-likeness (QED) is 0.887. The lowest BCUT2D eigenvalue weighted by Crippen LogP contribution is -2.43. The summed E-state index contributed by atoms with van der Waals surface area (Å²) in [5.74, 6) is 0.415. The third-order valence-electron chi connectivity index (χ3n) is 3.27. The van der Waals surface area contributed by atoms with Gasteiger partial charge in [0.1, 0.15) is 5.58 Å². The summed E-state index contributed by atoms with van der Waals surface area (Å²) < 4.78 is 5.56. The molecule has 1 aromatic carbocycles. The molecule has 1 heterocycles. The Labute approximate surface area is 113 Å². The van der Waals surface area contributed by atoms with Crippen LogP contribution in [0.5, 0.6) is 0 Å². The number of nitrogens with two attached hydrogens (primary N) is 1. The van der Waals surface area contributed by atoms with Gasteiger partial charge in [0.25, 0.3) is 5.91 Å². The number of amides is 1. The van der Waals surface area contributed by atoms with Crippen LogP contribution in [0.15, 0.2) is 28.7 Å². The third kappa shape index (κ3) is 2.96. The van der Waals surface area contributed by atoms with Gasteiger partial charge in [-0.2, -0.15) is 0 Å². The van der Waals surface area contributed by atoms with Crippen molar-refractivity contribution in [3.05, 3.63) is 35.6 Å². The minimum atomic E-state index is -0.210. The van der Waals surface area contributed by atoms with E-state index in [4.69, 9.17) is 10.2 Å². The van der Waals surface area contributed by atoms with Gasteiger partial charge in [0, 0.05) is 18.0 Å². The number of benzene rings is 1. The normalized spacial score (nSPS) is 12.9. The fraction of sp³-hybridized carbons (Fsp3) is 0.400. The van der Waals surface area contributed by atoms with Gasteiger partial charge in [-0.25, -0.2) is 0 Å². The first kappa shape index (κ1) is 13.6. The second kappa shape index (κ2) is 5.45. The second-order valence-electron chi connectivity index (χ2n) is 5.21. The number of hydrogen-bond acceptors (Lipinski definition) is 3. The molecule has 3 N–H and O–H groups in total. The zero-order valence-electron chi connectivity index (χ0n) is 11.6. The van der Waals surface area contributed by atoms with Crippen molar-refractivity contribution >= 4 is 16.9 Å². The smallest absolute Gasteiger partial charge is 0.287 e. The van der Waals surface area contributed by atoms with Crippen LogP contribution in [0.25, 0.3) is 11.0 Å². The third-order valence-corrected chi connectivity index (χ3v) is 3.27. The molecule has 0 bridgehead atoms. The highest BCUT2D eigenvalue weighted by atomic mass is 16.3. The van der Waals surface area contributed by atoms with E-state index in [-0.39, 0.29) is 11.9 Å². The number of carbonyl (C=O) groups is 1. The monoisotopic (exact) mass is 260 g/mol. The summed E-state index contributed by atoms with van der Waals surface area (Å²) in [7, 11) is 0. The van der Waals surface area contributed by atoms with E-state index in [0.717, 1.165) is 16.5 Å². The van der Waals surface area contributed by atoms with Gasteiger partial charge in [-0.05, 0) is 31.0 Å². The first-order chi connectivity index (χ1) is 9.01. The summed E-state index contributed by atoms with van der Waals surface area (Å²) in [5, 5.41) is 3.84. The average Bonchev–Trinajstić information content (AvgIpc) is 2.78. The largest absolute Gasteiger partial charge is 0.451 e. The molecule has 0 aliphatic carbocycles. The lowest BCUT2D eigenvalue weighted by molar-refractivity contribution is 0.0902. The Hall–Kier alpha value is -1.81. The summed E-state index contributed by atoms with van der Waals surface area (Å²) >= 11 is 0. The molecule has 0 saturated carbocycles. The zero-order chi connectivity index (χ0) is 14.0. The van der Waals surface area contributed by atoms with Crippen LogP contribution in [-0.2, 0) is 0 Å². The van der Waals surface area contributed by atoms with Gasteiger partial charge in [0.2, 0.25) is 0 Å². The lowest BCUT2D eigenvalue weighted by atomic mass is 10.0. The van der Waals surface area contributed by atoms with Crippen molar-refractivity contribution in [1.29, 1.82) is 0 Å². The van der Waals surface area contributed by atoms with Crippen molar-refractivity contribution in [2.45, 2.75) is 26.8 Å². The number of nitrogens with one attached hydrogen (secondary N) is 1. The van der Waals surface area contributed by atoms with Crippen molar-refractivity contribution in [3.63, 3.8) is 0 Å². The summed E-state index contributed by atoms with van der Waals surface area (Å²) in [4.78, 5) is 12.1. The van der Waals surface area contributed by atoms with Gasteiger partial charge in [-0.1, -0.05) is 25.5 Å². The van der Waals surface area contributed by atoms with E-state index in [9.17, 15) is 4.79 Å². The van der Waals surface area contributed by atoms with Gasteiger partial charge in [0.15, 0.2) is 5.76 Å². The number of rotatable bonds is 4. The van der Waals surface area contributed by atoms with E-state index in [1.54, 1.807) is 6.07 Å². The Bertz CT molecular complexity index is 587. The molecule has 1 unspecified atom stereocenters. The van der Waals surface area contributed by atoms with Crippen LogP contribution in [0, 0.1) is 12.8 Å². The molecule has 4 nitrogen and oxygen atoms in total. The molecule has 1 atom stereocenters. The van der Waals surface area contributed by atoms with Gasteiger partial charge >= 0.3 is 0 Å². The molecule has 1 amide bonds. The Morgan fingerprint density at radius 2 is 2.11 bits per heavy atom. The Morgan fingerprint density at radius 3 is 2.74 bits per heavy atom. The van der Waals surface area contributed by atoms with Crippen molar-refractivity contribution in [2.24, 2.45) is 11.7 Å². The van der Waals surface area contributed by atoms with Gasteiger partial charge in [-0.15, -0.1) is 0 Å². The number of furan rings is 1. The van der Waals surface area contributed by atoms with Crippen molar-refractivity contribution in [3.8, 4) is 0 Å². The fourth-order valence-electron chi connectivity index (χ4n) is 2.01. The van der Waals surface area contributed by atoms with Gasteiger partial charge in [-0.3, -0.25) is 4.79 Å². The molecule has 0 fully saturated rings. The number of hydrogen-bond donors (Lipinski definition) is 2. The second-order valence-corrected chi connectivity index (χ2v) is 5.21.